The number of rotatable bonds is 4. The number of benzene rings is 2. The van der Waals surface area contributed by atoms with E-state index in [-0.39, 0.29) is 17.1 Å². The Balaban J connectivity index is 1.77. The molecule has 0 N–H and O–H groups in total. The van der Waals surface area contributed by atoms with E-state index in [0.717, 1.165) is 24.8 Å². The second kappa shape index (κ2) is 5.71. The fourth-order valence-electron chi connectivity index (χ4n) is 4.99. The van der Waals surface area contributed by atoms with Gasteiger partial charge in [0.05, 0.1) is 10.1 Å². The molecule has 2 unspecified atom stereocenters. The number of hydrogen-bond donors (Lipinski definition) is 0. The van der Waals surface area contributed by atoms with Crippen LogP contribution in [0.15, 0.2) is 65.6 Å². The zero-order valence-corrected chi connectivity index (χ0v) is 14.6. The van der Waals surface area contributed by atoms with Crippen LogP contribution in [0.2, 0.25) is 0 Å². The van der Waals surface area contributed by atoms with Crippen molar-refractivity contribution in [1.82, 2.24) is 0 Å². The number of methoxy groups -OCH3 is 1. The van der Waals surface area contributed by atoms with Crippen molar-refractivity contribution < 1.29 is 13.2 Å². The molecule has 2 aromatic carbocycles. The third-order valence-electron chi connectivity index (χ3n) is 5.92. The van der Waals surface area contributed by atoms with Crippen molar-refractivity contribution in [2.24, 2.45) is 11.8 Å². The quantitative estimate of drug-likeness (QED) is 0.849. The number of hydrogen-bond acceptors (Lipinski definition) is 3. The van der Waals surface area contributed by atoms with Crippen LogP contribution >= 0.6 is 0 Å². The number of fused-ring (bicyclic) bond motifs is 2. The summed E-state index contributed by atoms with van der Waals surface area (Å²) in [7, 11) is -1.60. The van der Waals surface area contributed by atoms with Gasteiger partial charge in [-0.25, -0.2) is 8.42 Å². The Hall–Kier alpha value is -1.65. The lowest BCUT2D eigenvalue weighted by molar-refractivity contribution is -0.201. The highest BCUT2D eigenvalue weighted by Crippen LogP contribution is 2.63. The van der Waals surface area contributed by atoms with E-state index in [1.54, 1.807) is 31.4 Å². The van der Waals surface area contributed by atoms with Crippen molar-refractivity contribution in [3.05, 3.63) is 66.2 Å². The van der Waals surface area contributed by atoms with Crippen molar-refractivity contribution in [1.29, 1.82) is 0 Å². The minimum atomic E-state index is -3.33. The van der Waals surface area contributed by atoms with Gasteiger partial charge >= 0.3 is 0 Å². The molecule has 2 saturated carbocycles. The van der Waals surface area contributed by atoms with Crippen LogP contribution in [0.3, 0.4) is 0 Å². The van der Waals surface area contributed by atoms with E-state index in [9.17, 15) is 8.42 Å². The second-order valence-electron chi connectivity index (χ2n) is 6.83. The second-order valence-corrected chi connectivity index (χ2v) is 8.94. The van der Waals surface area contributed by atoms with Gasteiger partial charge in [0.1, 0.15) is 5.60 Å². The summed E-state index contributed by atoms with van der Waals surface area (Å²) in [5.74, 6) is 0.0442. The Morgan fingerprint density at radius 2 is 1.46 bits per heavy atom. The van der Waals surface area contributed by atoms with Gasteiger partial charge in [-0.3, -0.25) is 0 Å². The highest BCUT2D eigenvalue weighted by atomic mass is 32.2. The molecule has 2 atom stereocenters. The Morgan fingerprint density at radius 3 is 2.00 bits per heavy atom. The van der Waals surface area contributed by atoms with Gasteiger partial charge in [-0.15, -0.1) is 0 Å². The fraction of sp³-hybridized carbons (Fsp3) is 0.400. The van der Waals surface area contributed by atoms with E-state index in [1.807, 2.05) is 24.3 Å². The molecule has 0 heterocycles. The van der Waals surface area contributed by atoms with Crippen molar-refractivity contribution >= 4 is 9.84 Å². The Labute approximate surface area is 143 Å². The maximum atomic E-state index is 13.2. The van der Waals surface area contributed by atoms with Gasteiger partial charge < -0.3 is 4.74 Å². The first-order valence-corrected chi connectivity index (χ1v) is 10.1. The first kappa shape index (κ1) is 15.9. The largest absolute Gasteiger partial charge is 0.373 e. The smallest absolute Gasteiger partial charge is 0.182 e. The average molecular weight is 342 g/mol. The highest BCUT2D eigenvalue weighted by Gasteiger charge is 2.68. The van der Waals surface area contributed by atoms with E-state index in [4.69, 9.17) is 4.74 Å². The fourth-order valence-corrected chi connectivity index (χ4v) is 7.38. The van der Waals surface area contributed by atoms with Crippen LogP contribution in [0.1, 0.15) is 24.8 Å². The maximum absolute atomic E-state index is 13.2. The molecular weight excluding hydrogens is 320 g/mol. The summed E-state index contributed by atoms with van der Waals surface area (Å²) in [6.45, 7) is 0. The van der Waals surface area contributed by atoms with Crippen LogP contribution in [0, 0.1) is 11.8 Å². The lowest BCUT2D eigenvalue weighted by atomic mass is 9.51. The molecule has 0 aliphatic heterocycles. The monoisotopic (exact) mass is 342 g/mol. The van der Waals surface area contributed by atoms with E-state index < -0.39 is 15.4 Å². The third kappa shape index (κ3) is 2.02. The molecular formula is C20H22O3S. The van der Waals surface area contributed by atoms with Gasteiger partial charge in [-0.1, -0.05) is 55.0 Å². The first-order chi connectivity index (χ1) is 11.6. The number of sulfone groups is 1. The lowest BCUT2D eigenvalue weighted by Crippen LogP contribution is -2.68. The average Bonchev–Trinajstić information content (AvgIpc) is 2.64. The molecule has 126 valence electrons. The van der Waals surface area contributed by atoms with E-state index in [2.05, 4.69) is 12.1 Å². The summed E-state index contributed by atoms with van der Waals surface area (Å²) in [5, 5.41) is -0.339. The van der Waals surface area contributed by atoms with Crippen molar-refractivity contribution in [3.63, 3.8) is 0 Å². The molecule has 0 aromatic heterocycles. The predicted octanol–water partition coefficient (Wildman–Crippen LogP) is 3.80. The maximum Gasteiger partial charge on any atom is 0.182 e. The van der Waals surface area contributed by atoms with Gasteiger partial charge in [-0.2, -0.15) is 0 Å². The lowest BCUT2D eigenvalue weighted by Gasteiger charge is -2.63. The summed E-state index contributed by atoms with van der Waals surface area (Å²) in [6.07, 6.45) is 2.88. The molecule has 3 nitrogen and oxygen atoms in total. The van der Waals surface area contributed by atoms with E-state index in [1.165, 1.54) is 0 Å². The van der Waals surface area contributed by atoms with Gasteiger partial charge in [0.15, 0.2) is 9.84 Å². The van der Waals surface area contributed by atoms with Gasteiger partial charge in [0.25, 0.3) is 0 Å². The molecule has 2 fully saturated rings. The Bertz CT molecular complexity index is 802. The van der Waals surface area contributed by atoms with Crippen LogP contribution in [0.4, 0.5) is 0 Å². The SMILES string of the molecule is COC1(c2ccccc2)C2CCCC1C2S(=O)(=O)c1ccccc1. The van der Waals surface area contributed by atoms with Crippen molar-refractivity contribution in [3.8, 4) is 0 Å². The first-order valence-electron chi connectivity index (χ1n) is 8.52. The highest BCUT2D eigenvalue weighted by molar-refractivity contribution is 7.92. The number of ether oxygens (including phenoxy) is 1. The van der Waals surface area contributed by atoms with E-state index >= 15 is 0 Å². The predicted molar refractivity (Wildman–Crippen MR) is 93.4 cm³/mol. The zero-order chi connectivity index (χ0) is 16.8. The topological polar surface area (TPSA) is 43.4 Å². The molecule has 2 aliphatic carbocycles. The van der Waals surface area contributed by atoms with Gasteiger partial charge in [-0.05, 0) is 30.5 Å². The molecule has 0 saturated heterocycles. The molecule has 2 bridgehead atoms. The summed E-state index contributed by atoms with van der Waals surface area (Å²) in [4.78, 5) is 0.435. The molecule has 0 spiro atoms. The standard InChI is InChI=1S/C20H22O3S/c1-23-20(15-9-4-2-5-10-15)17-13-8-14-18(20)19(17)24(21,22)16-11-6-3-7-12-16/h2-7,9-12,17-19H,8,13-14H2,1H3. The third-order valence-corrected chi connectivity index (χ3v) is 8.22. The molecule has 0 radical (unpaired) electrons. The molecule has 2 aromatic rings. The van der Waals surface area contributed by atoms with Gasteiger partial charge in [0.2, 0.25) is 0 Å². The minimum Gasteiger partial charge on any atom is -0.373 e. The van der Waals surface area contributed by atoms with Crippen LogP contribution < -0.4 is 0 Å². The summed E-state index contributed by atoms with van der Waals surface area (Å²) in [5.41, 5.74) is 0.660. The minimum absolute atomic E-state index is 0.0221. The molecule has 0 amide bonds. The molecule has 24 heavy (non-hydrogen) atoms. The van der Waals surface area contributed by atoms with Crippen molar-refractivity contribution in [2.75, 3.05) is 7.11 Å². The Kier molecular flexibility index (Phi) is 3.77. The summed E-state index contributed by atoms with van der Waals surface area (Å²) < 4.78 is 32.4. The molecule has 2 aliphatic rings. The molecule has 4 heteroatoms. The van der Waals surface area contributed by atoms with Crippen molar-refractivity contribution in [2.45, 2.75) is 35.0 Å². The van der Waals surface area contributed by atoms with Gasteiger partial charge in [0, 0.05) is 18.9 Å². The van der Waals surface area contributed by atoms with Crippen LogP contribution in [0.25, 0.3) is 0 Å². The Morgan fingerprint density at radius 1 is 0.917 bits per heavy atom. The molecule has 4 rings (SSSR count). The zero-order valence-electron chi connectivity index (χ0n) is 13.8. The summed E-state index contributed by atoms with van der Waals surface area (Å²) in [6, 6.07) is 19.0. The van der Waals surface area contributed by atoms with Crippen LogP contribution in [-0.2, 0) is 20.2 Å². The van der Waals surface area contributed by atoms with Crippen LogP contribution in [-0.4, -0.2) is 20.8 Å². The van der Waals surface area contributed by atoms with E-state index in [0.29, 0.717) is 4.90 Å². The van der Waals surface area contributed by atoms with Crippen LogP contribution in [0.5, 0.6) is 0 Å². The normalized spacial score (nSPS) is 32.1. The summed E-state index contributed by atoms with van der Waals surface area (Å²) >= 11 is 0.